The minimum Gasteiger partial charge on any atom is -0.497 e. The lowest BCUT2D eigenvalue weighted by Gasteiger charge is -2.25. The molecule has 6 nitrogen and oxygen atoms in total. The van der Waals surface area contributed by atoms with Gasteiger partial charge in [-0.1, -0.05) is 19.1 Å². The normalized spacial score (nSPS) is 16.9. The first-order valence-electron chi connectivity index (χ1n) is 12.5. The maximum absolute atomic E-state index is 12.7. The number of carbonyl (C=O) groups is 1. The number of likely N-dealkylation sites (tertiary alicyclic amines) is 1. The molecule has 1 fully saturated rings. The summed E-state index contributed by atoms with van der Waals surface area (Å²) in [5, 5.41) is 3.28. The highest BCUT2D eigenvalue weighted by molar-refractivity contribution is 5.76. The fourth-order valence-corrected chi connectivity index (χ4v) is 4.32. The van der Waals surface area contributed by atoms with Gasteiger partial charge in [0.15, 0.2) is 0 Å². The highest BCUT2D eigenvalue weighted by atomic mass is 16.5. The quantitative estimate of drug-likeness (QED) is 0.432. The molecule has 0 aromatic heterocycles. The average Bonchev–Trinajstić information content (AvgIpc) is 3.22. The number of nitrogens with one attached hydrogen (secondary N) is 1. The van der Waals surface area contributed by atoms with Gasteiger partial charge < -0.3 is 24.4 Å². The van der Waals surface area contributed by atoms with Gasteiger partial charge in [-0.25, -0.2) is 0 Å². The van der Waals surface area contributed by atoms with Crippen molar-refractivity contribution in [2.24, 2.45) is 5.92 Å². The number of hydrogen-bond donors (Lipinski definition) is 1. The van der Waals surface area contributed by atoms with E-state index >= 15 is 0 Å². The van der Waals surface area contributed by atoms with Crippen LogP contribution in [0.25, 0.3) is 0 Å². The summed E-state index contributed by atoms with van der Waals surface area (Å²) < 4.78 is 16.7. The first kappa shape index (κ1) is 25.9. The molecule has 0 radical (unpaired) electrons. The molecule has 0 bridgehead atoms. The second-order valence-corrected chi connectivity index (χ2v) is 9.56. The Hall–Kier alpha value is -2.73. The van der Waals surface area contributed by atoms with E-state index in [1.807, 2.05) is 50.2 Å². The minimum atomic E-state index is 0.0790. The van der Waals surface area contributed by atoms with Gasteiger partial charge in [-0.15, -0.1) is 0 Å². The molecule has 1 saturated heterocycles. The first-order valence-corrected chi connectivity index (χ1v) is 12.5. The summed E-state index contributed by atoms with van der Waals surface area (Å²) in [7, 11) is 1.64. The van der Waals surface area contributed by atoms with Gasteiger partial charge in [0.25, 0.3) is 0 Å². The molecule has 3 rings (SSSR count). The topological polar surface area (TPSA) is 60.0 Å². The number of nitrogens with zero attached hydrogens (tertiary/aromatic N) is 1. The molecule has 1 N–H and O–H groups in total. The summed E-state index contributed by atoms with van der Waals surface area (Å²) in [6.07, 6.45) is 3.31. The van der Waals surface area contributed by atoms with E-state index in [2.05, 4.69) is 29.3 Å². The van der Waals surface area contributed by atoms with Crippen molar-refractivity contribution in [1.82, 2.24) is 10.2 Å². The molecule has 1 unspecified atom stereocenters. The number of ether oxygens (including phenoxy) is 3. The fraction of sp³-hybridized carbons (Fsp3) is 0.536. The van der Waals surface area contributed by atoms with E-state index in [-0.39, 0.29) is 18.1 Å². The molecule has 0 aliphatic carbocycles. The molecular formula is C28H40N2O4. The van der Waals surface area contributed by atoms with Crippen LogP contribution >= 0.6 is 0 Å². The molecule has 2 aromatic carbocycles. The van der Waals surface area contributed by atoms with Gasteiger partial charge in [0.05, 0.1) is 19.8 Å². The second kappa shape index (κ2) is 13.2. The Labute approximate surface area is 204 Å². The predicted octanol–water partition coefficient (Wildman–Crippen LogP) is 4.71. The summed E-state index contributed by atoms with van der Waals surface area (Å²) in [6.45, 7) is 9.93. The van der Waals surface area contributed by atoms with Crippen LogP contribution in [-0.2, 0) is 11.2 Å². The van der Waals surface area contributed by atoms with Crippen molar-refractivity contribution in [1.29, 1.82) is 0 Å². The molecule has 1 aliphatic heterocycles. The second-order valence-electron chi connectivity index (χ2n) is 9.56. The van der Waals surface area contributed by atoms with Gasteiger partial charge in [0, 0.05) is 25.6 Å². The Morgan fingerprint density at radius 1 is 1.06 bits per heavy atom. The van der Waals surface area contributed by atoms with Crippen LogP contribution in [0, 0.1) is 5.92 Å². The van der Waals surface area contributed by atoms with E-state index in [4.69, 9.17) is 14.2 Å². The highest BCUT2D eigenvalue weighted by Gasteiger charge is 2.23. The third-order valence-electron chi connectivity index (χ3n) is 6.01. The average molecular weight is 469 g/mol. The Kier molecular flexibility index (Phi) is 10.1. The van der Waals surface area contributed by atoms with Gasteiger partial charge >= 0.3 is 0 Å². The molecule has 0 spiro atoms. The molecule has 2 aromatic rings. The van der Waals surface area contributed by atoms with Crippen molar-refractivity contribution in [3.8, 4) is 17.2 Å². The summed E-state index contributed by atoms with van der Waals surface area (Å²) >= 11 is 0. The van der Waals surface area contributed by atoms with Crippen molar-refractivity contribution < 1.29 is 19.0 Å². The third kappa shape index (κ3) is 8.90. The third-order valence-corrected chi connectivity index (χ3v) is 6.01. The summed E-state index contributed by atoms with van der Waals surface area (Å²) in [6, 6.07) is 15.8. The zero-order valence-corrected chi connectivity index (χ0v) is 21.1. The maximum atomic E-state index is 12.7. The van der Waals surface area contributed by atoms with E-state index < -0.39 is 0 Å². The summed E-state index contributed by atoms with van der Waals surface area (Å²) in [5.41, 5.74) is 1.21. The van der Waals surface area contributed by atoms with Crippen LogP contribution in [0.4, 0.5) is 0 Å². The van der Waals surface area contributed by atoms with E-state index in [0.717, 1.165) is 49.2 Å². The Bertz CT molecular complexity index is 867. The minimum absolute atomic E-state index is 0.0790. The van der Waals surface area contributed by atoms with Gasteiger partial charge in [0.1, 0.15) is 17.2 Å². The standard InChI is InChI=1S/C28H40N2O4/c1-21(2)34-27-9-7-23(8-10-27)18-24(20-30-16-15-22(3)19-30)29-28(31)6-5-17-33-26-13-11-25(32-4)12-14-26/h7-14,21-22,24H,5-6,15-20H2,1-4H3,(H,29,31)/t22?,24-/m0/s1. The number of benzene rings is 2. The van der Waals surface area contributed by atoms with E-state index in [1.165, 1.54) is 12.0 Å². The van der Waals surface area contributed by atoms with E-state index in [1.54, 1.807) is 7.11 Å². The summed E-state index contributed by atoms with van der Waals surface area (Å²) in [4.78, 5) is 15.2. The van der Waals surface area contributed by atoms with Gasteiger partial charge in [-0.3, -0.25) is 4.79 Å². The molecule has 1 aliphatic rings. The molecular weight excluding hydrogens is 428 g/mol. The number of carbonyl (C=O) groups excluding carboxylic acids is 1. The Balaban J connectivity index is 1.48. The first-order chi connectivity index (χ1) is 16.4. The van der Waals surface area contributed by atoms with Crippen molar-refractivity contribution in [3.05, 3.63) is 54.1 Å². The predicted molar refractivity (Wildman–Crippen MR) is 136 cm³/mol. The number of methoxy groups -OCH3 is 1. The maximum Gasteiger partial charge on any atom is 0.220 e. The van der Waals surface area contributed by atoms with Crippen LogP contribution in [0.3, 0.4) is 0 Å². The molecule has 0 saturated carbocycles. The van der Waals surface area contributed by atoms with Crippen LogP contribution in [0.15, 0.2) is 48.5 Å². The smallest absolute Gasteiger partial charge is 0.220 e. The molecule has 1 heterocycles. The van der Waals surface area contributed by atoms with Crippen LogP contribution < -0.4 is 19.5 Å². The van der Waals surface area contributed by atoms with E-state index in [0.29, 0.717) is 19.4 Å². The van der Waals surface area contributed by atoms with Gasteiger partial charge in [-0.2, -0.15) is 0 Å². The van der Waals surface area contributed by atoms with Crippen LogP contribution in [0.5, 0.6) is 17.2 Å². The van der Waals surface area contributed by atoms with Gasteiger partial charge in [-0.05, 0) is 87.5 Å². The Morgan fingerprint density at radius 2 is 1.74 bits per heavy atom. The number of rotatable bonds is 13. The van der Waals surface area contributed by atoms with Crippen molar-refractivity contribution in [2.45, 2.75) is 58.6 Å². The SMILES string of the molecule is COc1ccc(OCCCC(=O)N[C@@H](Cc2ccc(OC(C)C)cc2)CN2CCC(C)C2)cc1. The molecule has 1 amide bonds. The van der Waals surface area contributed by atoms with Crippen molar-refractivity contribution in [3.63, 3.8) is 0 Å². The highest BCUT2D eigenvalue weighted by Crippen LogP contribution is 2.19. The van der Waals surface area contributed by atoms with Gasteiger partial charge in [0.2, 0.25) is 5.91 Å². The fourth-order valence-electron chi connectivity index (χ4n) is 4.32. The van der Waals surface area contributed by atoms with E-state index in [9.17, 15) is 4.79 Å². The number of amides is 1. The zero-order valence-electron chi connectivity index (χ0n) is 21.1. The van der Waals surface area contributed by atoms with Crippen LogP contribution in [0.1, 0.15) is 45.6 Å². The Morgan fingerprint density at radius 3 is 2.35 bits per heavy atom. The summed E-state index contributed by atoms with van der Waals surface area (Å²) in [5.74, 6) is 3.26. The molecule has 34 heavy (non-hydrogen) atoms. The lowest BCUT2D eigenvalue weighted by atomic mass is 10.0. The zero-order chi connectivity index (χ0) is 24.3. The lowest BCUT2D eigenvalue weighted by Crippen LogP contribution is -2.44. The van der Waals surface area contributed by atoms with Crippen LogP contribution in [0.2, 0.25) is 0 Å². The lowest BCUT2D eigenvalue weighted by molar-refractivity contribution is -0.122. The monoisotopic (exact) mass is 468 g/mol. The molecule has 6 heteroatoms. The largest absolute Gasteiger partial charge is 0.497 e. The molecule has 186 valence electrons. The molecule has 2 atom stereocenters. The number of hydrogen-bond acceptors (Lipinski definition) is 5. The van der Waals surface area contributed by atoms with Crippen molar-refractivity contribution >= 4 is 5.91 Å². The van der Waals surface area contributed by atoms with Crippen molar-refractivity contribution in [2.75, 3.05) is 33.4 Å². The van der Waals surface area contributed by atoms with Crippen LogP contribution in [-0.4, -0.2) is 56.3 Å².